The second-order valence-electron chi connectivity index (χ2n) is 5.84. The molecule has 0 unspecified atom stereocenters. The molecule has 0 fully saturated rings. The molecular formula is C21H24N2O6. The fourth-order valence-electron chi connectivity index (χ4n) is 2.52. The SMILES string of the molecule is COCC(=O)Nc1ccc(NC(=O)/C=C/c2cc(OC)c(OC)c(OC)c2)cc1. The zero-order valence-electron chi connectivity index (χ0n) is 16.8. The van der Waals surface area contributed by atoms with E-state index in [1.165, 1.54) is 34.5 Å². The van der Waals surface area contributed by atoms with E-state index in [0.717, 1.165) is 0 Å². The van der Waals surface area contributed by atoms with Crippen LogP contribution in [0.25, 0.3) is 6.08 Å². The third kappa shape index (κ3) is 6.25. The quantitative estimate of drug-likeness (QED) is 0.629. The Morgan fingerprint density at radius 1 is 0.862 bits per heavy atom. The van der Waals surface area contributed by atoms with E-state index >= 15 is 0 Å². The van der Waals surface area contributed by atoms with Crippen LogP contribution in [-0.2, 0) is 14.3 Å². The highest BCUT2D eigenvalue weighted by Crippen LogP contribution is 2.38. The van der Waals surface area contributed by atoms with Gasteiger partial charge in [-0.3, -0.25) is 9.59 Å². The summed E-state index contributed by atoms with van der Waals surface area (Å²) >= 11 is 0. The summed E-state index contributed by atoms with van der Waals surface area (Å²) in [6.45, 7) is -0.0236. The lowest BCUT2D eigenvalue weighted by Crippen LogP contribution is -2.17. The van der Waals surface area contributed by atoms with E-state index < -0.39 is 0 Å². The molecule has 0 heterocycles. The van der Waals surface area contributed by atoms with Crippen molar-refractivity contribution in [3.05, 3.63) is 48.0 Å². The molecule has 0 bridgehead atoms. The molecule has 0 spiro atoms. The molecule has 154 valence electrons. The Morgan fingerprint density at radius 2 is 1.41 bits per heavy atom. The Labute approximate surface area is 169 Å². The molecule has 0 aromatic heterocycles. The van der Waals surface area contributed by atoms with E-state index in [4.69, 9.17) is 18.9 Å². The van der Waals surface area contributed by atoms with Gasteiger partial charge in [0.1, 0.15) is 6.61 Å². The summed E-state index contributed by atoms with van der Waals surface area (Å²) in [6, 6.07) is 10.2. The molecule has 0 saturated carbocycles. The first-order chi connectivity index (χ1) is 14.0. The maximum atomic E-state index is 12.2. The lowest BCUT2D eigenvalue weighted by atomic mass is 10.1. The summed E-state index contributed by atoms with van der Waals surface area (Å²) in [6.07, 6.45) is 3.04. The molecule has 2 amide bonds. The average Bonchev–Trinajstić information content (AvgIpc) is 2.72. The van der Waals surface area contributed by atoms with E-state index in [0.29, 0.717) is 34.2 Å². The third-order valence-electron chi connectivity index (χ3n) is 3.83. The molecule has 0 aliphatic carbocycles. The van der Waals surface area contributed by atoms with Gasteiger partial charge in [-0.15, -0.1) is 0 Å². The second-order valence-corrected chi connectivity index (χ2v) is 5.84. The standard InChI is InChI=1S/C21H24N2O6/c1-26-13-20(25)23-16-8-6-15(7-9-16)22-19(24)10-5-14-11-17(27-2)21(29-4)18(12-14)28-3/h5-12H,13H2,1-4H3,(H,22,24)(H,23,25)/b10-5+. The van der Waals surface area contributed by atoms with Gasteiger partial charge in [0.15, 0.2) is 11.5 Å². The Hall–Kier alpha value is -3.52. The fourth-order valence-corrected chi connectivity index (χ4v) is 2.52. The predicted molar refractivity (Wildman–Crippen MR) is 111 cm³/mol. The zero-order valence-corrected chi connectivity index (χ0v) is 16.8. The topological polar surface area (TPSA) is 95.1 Å². The number of anilines is 2. The van der Waals surface area contributed by atoms with Crippen molar-refractivity contribution in [3.63, 3.8) is 0 Å². The van der Waals surface area contributed by atoms with Crippen LogP contribution in [0.4, 0.5) is 11.4 Å². The van der Waals surface area contributed by atoms with Gasteiger partial charge < -0.3 is 29.6 Å². The summed E-state index contributed by atoms with van der Waals surface area (Å²) in [5.74, 6) is 0.915. The fraction of sp³-hybridized carbons (Fsp3) is 0.238. The summed E-state index contributed by atoms with van der Waals surface area (Å²) in [7, 11) is 6.03. The third-order valence-corrected chi connectivity index (χ3v) is 3.83. The Bertz CT molecular complexity index is 852. The normalized spacial score (nSPS) is 10.5. The summed E-state index contributed by atoms with van der Waals surface area (Å²) in [5.41, 5.74) is 1.91. The molecule has 2 rings (SSSR count). The van der Waals surface area contributed by atoms with E-state index in [1.807, 2.05) is 0 Å². The van der Waals surface area contributed by atoms with Crippen molar-refractivity contribution in [1.29, 1.82) is 0 Å². The molecule has 2 aromatic carbocycles. The molecule has 2 N–H and O–H groups in total. The molecule has 0 atom stereocenters. The highest BCUT2D eigenvalue weighted by Gasteiger charge is 2.12. The van der Waals surface area contributed by atoms with Gasteiger partial charge in [-0.05, 0) is 48.0 Å². The van der Waals surface area contributed by atoms with Crippen LogP contribution in [0.15, 0.2) is 42.5 Å². The van der Waals surface area contributed by atoms with Gasteiger partial charge in [-0.25, -0.2) is 0 Å². The Morgan fingerprint density at radius 3 is 1.90 bits per heavy atom. The highest BCUT2D eigenvalue weighted by atomic mass is 16.5. The minimum atomic E-state index is -0.310. The number of nitrogens with one attached hydrogen (secondary N) is 2. The van der Waals surface area contributed by atoms with E-state index in [9.17, 15) is 9.59 Å². The van der Waals surface area contributed by atoms with E-state index in [1.54, 1.807) is 42.5 Å². The minimum absolute atomic E-state index is 0.0236. The lowest BCUT2D eigenvalue weighted by molar-refractivity contribution is -0.119. The van der Waals surface area contributed by atoms with Gasteiger partial charge in [0, 0.05) is 24.6 Å². The number of benzene rings is 2. The first-order valence-corrected chi connectivity index (χ1v) is 8.68. The number of amides is 2. The van der Waals surface area contributed by atoms with Gasteiger partial charge in [0.25, 0.3) is 0 Å². The van der Waals surface area contributed by atoms with Crippen molar-refractivity contribution in [2.75, 3.05) is 45.7 Å². The Kier molecular flexibility index (Phi) is 8.05. The summed E-state index contributed by atoms with van der Waals surface area (Å²) in [5, 5.41) is 5.42. The molecule has 29 heavy (non-hydrogen) atoms. The molecule has 0 aliphatic heterocycles. The van der Waals surface area contributed by atoms with Gasteiger partial charge in [0.05, 0.1) is 21.3 Å². The maximum Gasteiger partial charge on any atom is 0.250 e. The first kappa shape index (κ1) is 21.8. The average molecular weight is 400 g/mol. The van der Waals surface area contributed by atoms with Crippen molar-refractivity contribution in [1.82, 2.24) is 0 Å². The van der Waals surface area contributed by atoms with Gasteiger partial charge in [-0.1, -0.05) is 0 Å². The number of methoxy groups -OCH3 is 4. The number of ether oxygens (including phenoxy) is 4. The molecule has 8 nitrogen and oxygen atoms in total. The van der Waals surface area contributed by atoms with Gasteiger partial charge in [0.2, 0.25) is 17.6 Å². The largest absolute Gasteiger partial charge is 0.493 e. The molecule has 2 aromatic rings. The molecule has 0 aliphatic rings. The van der Waals surface area contributed by atoms with Crippen molar-refractivity contribution in [3.8, 4) is 17.2 Å². The first-order valence-electron chi connectivity index (χ1n) is 8.68. The van der Waals surface area contributed by atoms with Crippen LogP contribution in [0.2, 0.25) is 0 Å². The number of carbonyl (C=O) groups excluding carboxylic acids is 2. The lowest BCUT2D eigenvalue weighted by Gasteiger charge is -2.12. The van der Waals surface area contributed by atoms with Crippen LogP contribution < -0.4 is 24.8 Å². The summed E-state index contributed by atoms with van der Waals surface area (Å²) < 4.78 is 20.6. The number of hydrogen-bond acceptors (Lipinski definition) is 6. The molecule has 0 radical (unpaired) electrons. The Balaban J connectivity index is 2.03. The van der Waals surface area contributed by atoms with Gasteiger partial charge >= 0.3 is 0 Å². The number of rotatable bonds is 9. The molecule has 8 heteroatoms. The van der Waals surface area contributed by atoms with Crippen LogP contribution >= 0.6 is 0 Å². The van der Waals surface area contributed by atoms with Crippen molar-refractivity contribution in [2.45, 2.75) is 0 Å². The van der Waals surface area contributed by atoms with E-state index in [2.05, 4.69) is 10.6 Å². The monoisotopic (exact) mass is 400 g/mol. The number of carbonyl (C=O) groups is 2. The molecular weight excluding hydrogens is 376 g/mol. The molecule has 0 saturated heterocycles. The highest BCUT2D eigenvalue weighted by molar-refractivity contribution is 6.02. The van der Waals surface area contributed by atoms with Gasteiger partial charge in [-0.2, -0.15) is 0 Å². The van der Waals surface area contributed by atoms with Crippen molar-refractivity contribution >= 4 is 29.3 Å². The predicted octanol–water partition coefficient (Wildman–Crippen LogP) is 2.95. The van der Waals surface area contributed by atoms with Crippen LogP contribution in [0, 0.1) is 0 Å². The van der Waals surface area contributed by atoms with Crippen molar-refractivity contribution < 1.29 is 28.5 Å². The van der Waals surface area contributed by atoms with Crippen LogP contribution in [0.3, 0.4) is 0 Å². The zero-order chi connectivity index (χ0) is 21.2. The second kappa shape index (κ2) is 10.7. The van der Waals surface area contributed by atoms with Crippen LogP contribution in [0.5, 0.6) is 17.2 Å². The smallest absolute Gasteiger partial charge is 0.250 e. The minimum Gasteiger partial charge on any atom is -0.493 e. The van der Waals surface area contributed by atoms with Crippen LogP contribution in [0.1, 0.15) is 5.56 Å². The maximum absolute atomic E-state index is 12.2. The van der Waals surface area contributed by atoms with Crippen LogP contribution in [-0.4, -0.2) is 46.9 Å². The van der Waals surface area contributed by atoms with E-state index in [-0.39, 0.29) is 18.4 Å². The summed E-state index contributed by atoms with van der Waals surface area (Å²) in [4.78, 5) is 23.7. The number of hydrogen-bond donors (Lipinski definition) is 2. The van der Waals surface area contributed by atoms with Crippen molar-refractivity contribution in [2.24, 2.45) is 0 Å².